The van der Waals surface area contributed by atoms with Crippen LogP contribution >= 0.6 is 0 Å². The van der Waals surface area contributed by atoms with Gasteiger partial charge in [-0.1, -0.05) is 17.9 Å². The number of nitriles is 2. The normalized spacial score (nSPS) is 21.5. The molecule has 0 radical (unpaired) electrons. The fourth-order valence-electron chi connectivity index (χ4n) is 3.97. The summed E-state index contributed by atoms with van der Waals surface area (Å²) in [5.74, 6) is 7.44. The van der Waals surface area contributed by atoms with Gasteiger partial charge in [0, 0.05) is 37.4 Å². The maximum atomic E-state index is 9.33. The summed E-state index contributed by atoms with van der Waals surface area (Å²) < 4.78 is 0. The number of piperazine rings is 1. The van der Waals surface area contributed by atoms with E-state index in [2.05, 4.69) is 38.8 Å². The summed E-state index contributed by atoms with van der Waals surface area (Å²) in [6.45, 7) is 2.65. The lowest BCUT2D eigenvalue weighted by atomic mass is 10.1. The van der Waals surface area contributed by atoms with E-state index in [1.54, 1.807) is 18.3 Å². The van der Waals surface area contributed by atoms with Crippen molar-refractivity contribution in [2.24, 2.45) is 0 Å². The molecule has 2 aromatic rings. The Hall–Kier alpha value is -3.33. The van der Waals surface area contributed by atoms with Crippen LogP contribution in [0.5, 0.6) is 0 Å². The summed E-state index contributed by atoms with van der Waals surface area (Å²) in [7, 11) is 0. The summed E-state index contributed by atoms with van der Waals surface area (Å²) in [6.07, 6.45) is 3.90. The van der Waals surface area contributed by atoms with Crippen LogP contribution in [0.25, 0.3) is 0 Å². The second kappa shape index (κ2) is 7.50. The summed E-state index contributed by atoms with van der Waals surface area (Å²) in [5.41, 5.74) is 2.17. The van der Waals surface area contributed by atoms with Gasteiger partial charge in [-0.05, 0) is 43.2 Å². The van der Waals surface area contributed by atoms with Crippen molar-refractivity contribution < 1.29 is 0 Å². The zero-order valence-electron chi connectivity index (χ0n) is 15.0. The highest BCUT2D eigenvalue weighted by molar-refractivity contribution is 5.54. The number of hydrogen-bond donors (Lipinski definition) is 0. The fraction of sp³-hybridized carbons (Fsp3) is 0.318. The molecule has 0 aliphatic carbocycles. The number of nitrogens with zero attached hydrogens (tertiary/aromatic N) is 5. The Morgan fingerprint density at radius 3 is 2.74 bits per heavy atom. The summed E-state index contributed by atoms with van der Waals surface area (Å²) in [6, 6.07) is 16.2. The van der Waals surface area contributed by atoms with Gasteiger partial charge in [0.25, 0.3) is 0 Å². The van der Waals surface area contributed by atoms with Crippen LogP contribution < -0.4 is 4.90 Å². The number of fused-ring (bicyclic) bond motifs is 1. The Morgan fingerprint density at radius 2 is 1.89 bits per heavy atom. The number of benzene rings is 1. The molecule has 4 rings (SSSR count). The number of aromatic nitrogens is 1. The molecule has 27 heavy (non-hydrogen) atoms. The second-order valence-corrected chi connectivity index (χ2v) is 6.88. The monoisotopic (exact) mass is 353 g/mol. The quantitative estimate of drug-likeness (QED) is 0.737. The first-order chi connectivity index (χ1) is 13.3. The number of rotatable bonds is 1. The summed E-state index contributed by atoms with van der Waals surface area (Å²) in [4.78, 5) is 9.14. The first-order valence-electron chi connectivity index (χ1n) is 9.16. The summed E-state index contributed by atoms with van der Waals surface area (Å²) in [5, 5.41) is 18.3. The average Bonchev–Trinajstić information content (AvgIpc) is 3.14. The molecule has 5 nitrogen and oxygen atoms in total. The summed E-state index contributed by atoms with van der Waals surface area (Å²) >= 11 is 0. The van der Waals surface area contributed by atoms with Gasteiger partial charge in [-0.25, -0.2) is 4.98 Å². The van der Waals surface area contributed by atoms with Crippen molar-refractivity contribution in [3.05, 3.63) is 59.3 Å². The van der Waals surface area contributed by atoms with Gasteiger partial charge in [-0.15, -0.1) is 0 Å². The molecule has 1 aromatic carbocycles. The van der Waals surface area contributed by atoms with E-state index < -0.39 is 0 Å². The van der Waals surface area contributed by atoms with Gasteiger partial charge in [0.1, 0.15) is 11.9 Å². The van der Waals surface area contributed by atoms with Crippen molar-refractivity contribution in [1.82, 2.24) is 9.88 Å². The predicted molar refractivity (Wildman–Crippen MR) is 103 cm³/mol. The minimum absolute atomic E-state index is 0.252. The zero-order valence-corrected chi connectivity index (χ0v) is 15.0. The van der Waals surface area contributed by atoms with E-state index in [0.717, 1.165) is 43.9 Å². The number of anilines is 1. The Morgan fingerprint density at radius 1 is 1.00 bits per heavy atom. The molecule has 0 amide bonds. The van der Waals surface area contributed by atoms with Crippen molar-refractivity contribution in [2.45, 2.75) is 24.9 Å². The number of pyridine rings is 1. The predicted octanol–water partition coefficient (Wildman–Crippen LogP) is 2.53. The lowest BCUT2D eigenvalue weighted by Gasteiger charge is -2.39. The van der Waals surface area contributed by atoms with Crippen LogP contribution in [-0.4, -0.2) is 41.6 Å². The Bertz CT molecular complexity index is 988. The lowest BCUT2D eigenvalue weighted by molar-refractivity contribution is 0.202. The Kier molecular flexibility index (Phi) is 4.75. The van der Waals surface area contributed by atoms with Gasteiger partial charge in [0.05, 0.1) is 23.2 Å². The molecule has 3 heterocycles. The van der Waals surface area contributed by atoms with Gasteiger partial charge in [0.2, 0.25) is 0 Å². The van der Waals surface area contributed by atoms with Gasteiger partial charge in [-0.3, -0.25) is 4.90 Å². The van der Waals surface area contributed by atoms with Crippen molar-refractivity contribution in [3.8, 4) is 24.0 Å². The largest absolute Gasteiger partial charge is 0.353 e. The fourth-order valence-corrected chi connectivity index (χ4v) is 3.97. The maximum absolute atomic E-state index is 9.33. The standard InChI is InChI=1S/C22H19N5/c23-14-18-4-1-3-17(13-18)6-7-20-8-9-21-16-26(11-12-27(20)21)22-19(15-24)5-2-10-25-22/h1-5,10,13,20-21H,8-9,11-12,16H2/t20-,21-/m0/s1. The Labute approximate surface area is 159 Å². The van der Waals surface area contributed by atoms with Crippen LogP contribution in [0.15, 0.2) is 42.6 Å². The molecule has 0 unspecified atom stereocenters. The van der Waals surface area contributed by atoms with Gasteiger partial charge < -0.3 is 4.90 Å². The molecule has 2 atom stereocenters. The van der Waals surface area contributed by atoms with Crippen molar-refractivity contribution in [3.63, 3.8) is 0 Å². The highest BCUT2D eigenvalue weighted by Crippen LogP contribution is 2.29. The molecule has 2 aliphatic heterocycles. The second-order valence-electron chi connectivity index (χ2n) is 6.88. The van der Waals surface area contributed by atoms with Gasteiger partial charge in [-0.2, -0.15) is 10.5 Å². The van der Waals surface area contributed by atoms with Crippen LogP contribution in [0.2, 0.25) is 0 Å². The third kappa shape index (κ3) is 3.49. The average molecular weight is 353 g/mol. The van der Waals surface area contributed by atoms with E-state index in [0.29, 0.717) is 17.2 Å². The van der Waals surface area contributed by atoms with Crippen LogP contribution in [0.4, 0.5) is 5.82 Å². The molecule has 1 aromatic heterocycles. The molecular formula is C22H19N5. The minimum Gasteiger partial charge on any atom is -0.353 e. The smallest absolute Gasteiger partial charge is 0.146 e. The molecule has 5 heteroatoms. The van der Waals surface area contributed by atoms with E-state index in [9.17, 15) is 5.26 Å². The third-order valence-electron chi connectivity index (χ3n) is 5.28. The van der Waals surface area contributed by atoms with Crippen LogP contribution in [0.1, 0.15) is 29.5 Å². The van der Waals surface area contributed by atoms with Crippen LogP contribution in [0.3, 0.4) is 0 Å². The highest BCUT2D eigenvalue weighted by Gasteiger charge is 2.37. The topological polar surface area (TPSA) is 67.0 Å². The molecule has 0 saturated carbocycles. The first kappa shape index (κ1) is 17.1. The van der Waals surface area contributed by atoms with E-state index in [4.69, 9.17) is 5.26 Å². The minimum atomic E-state index is 0.252. The maximum Gasteiger partial charge on any atom is 0.146 e. The number of hydrogen-bond acceptors (Lipinski definition) is 5. The molecule has 132 valence electrons. The third-order valence-corrected chi connectivity index (χ3v) is 5.28. The highest BCUT2D eigenvalue weighted by atomic mass is 15.3. The molecule has 2 fully saturated rings. The van der Waals surface area contributed by atoms with Crippen molar-refractivity contribution in [1.29, 1.82) is 10.5 Å². The lowest BCUT2D eigenvalue weighted by Crippen LogP contribution is -2.52. The molecule has 2 aliphatic rings. The van der Waals surface area contributed by atoms with E-state index in [-0.39, 0.29) is 6.04 Å². The van der Waals surface area contributed by atoms with E-state index in [1.165, 1.54) is 0 Å². The van der Waals surface area contributed by atoms with Crippen molar-refractivity contribution >= 4 is 5.82 Å². The van der Waals surface area contributed by atoms with Crippen LogP contribution in [-0.2, 0) is 0 Å². The van der Waals surface area contributed by atoms with Gasteiger partial charge in [0.15, 0.2) is 0 Å². The van der Waals surface area contributed by atoms with E-state index in [1.807, 2.05) is 24.3 Å². The molecule has 0 bridgehead atoms. The SMILES string of the molecule is N#Cc1cccc(C#C[C@H]2CC[C@H]3CN(c4ncccc4C#N)CCN32)c1. The molecular weight excluding hydrogens is 334 g/mol. The van der Waals surface area contributed by atoms with Crippen molar-refractivity contribution in [2.75, 3.05) is 24.5 Å². The molecule has 0 spiro atoms. The van der Waals surface area contributed by atoms with E-state index >= 15 is 0 Å². The Balaban J connectivity index is 1.47. The molecule has 0 N–H and O–H groups in total. The van der Waals surface area contributed by atoms with Gasteiger partial charge >= 0.3 is 0 Å². The zero-order chi connectivity index (χ0) is 18.6. The molecule has 2 saturated heterocycles. The van der Waals surface area contributed by atoms with Crippen LogP contribution in [0, 0.1) is 34.5 Å². The first-order valence-corrected chi connectivity index (χ1v) is 9.16.